The highest BCUT2D eigenvalue weighted by Gasteiger charge is 2.33. The quantitative estimate of drug-likeness (QED) is 0.0356. The first-order valence-corrected chi connectivity index (χ1v) is 17.8. The standard InChI is InChI=1S/C15H23NO7P.C14H23NO6P/c1-24(22)14(20)7-12(18)15(21)13(19)8-16(10-17)23-9-11-5-3-2-4-6-11;1-22(20)13(18)7-11(16)14(19)12(17)8-15-21-9-10-5-3-2-4-6-10/h2-6,10,12-15,18-21H,7-9H2,1H3;2-6,11-19H,7-9H2,1H3/q2*+1/t12-,13+,14?,15-;11-,12+,13?,14-/m11/s1. The Hall–Kier alpha value is -2.33. The predicted octanol–water partition coefficient (Wildman–Crippen LogP) is -0.219. The highest BCUT2D eigenvalue weighted by atomic mass is 31.1. The van der Waals surface area contributed by atoms with Crippen molar-refractivity contribution < 1.29 is 64.5 Å². The van der Waals surface area contributed by atoms with E-state index in [2.05, 4.69) is 5.48 Å². The number of aliphatic hydroxyl groups is 8. The molecule has 9 N–H and O–H groups in total. The molecule has 0 heterocycles. The topological polar surface area (TPSA) is 247 Å². The largest absolute Gasteiger partial charge is 0.390 e. The maximum absolute atomic E-state index is 11.1. The molecule has 2 aromatic rings. The van der Waals surface area contributed by atoms with Gasteiger partial charge in [0.05, 0.1) is 31.5 Å². The molecular formula is C29H46N2O13P2+2. The van der Waals surface area contributed by atoms with Gasteiger partial charge in [0.1, 0.15) is 38.2 Å². The molecule has 46 heavy (non-hydrogen) atoms. The van der Waals surface area contributed by atoms with Crippen molar-refractivity contribution in [3.8, 4) is 0 Å². The fourth-order valence-electron chi connectivity index (χ4n) is 3.64. The summed E-state index contributed by atoms with van der Waals surface area (Å²) in [7, 11) is -3.79. The Kier molecular flexibility index (Phi) is 20.9. The van der Waals surface area contributed by atoms with Crippen molar-refractivity contribution in [2.45, 2.75) is 74.4 Å². The number of hydrogen-bond acceptors (Lipinski definition) is 14. The molecule has 4 unspecified atom stereocenters. The molecule has 258 valence electrons. The Morgan fingerprint density at radius 3 is 1.57 bits per heavy atom. The van der Waals surface area contributed by atoms with Crippen LogP contribution in [0.15, 0.2) is 60.7 Å². The molecule has 0 fully saturated rings. The molecule has 2 rings (SSSR count). The summed E-state index contributed by atoms with van der Waals surface area (Å²) < 4.78 is 22.1. The molecule has 17 heteroatoms. The van der Waals surface area contributed by atoms with Gasteiger partial charge in [0.2, 0.25) is 6.41 Å². The van der Waals surface area contributed by atoms with Crippen LogP contribution >= 0.6 is 15.6 Å². The molecule has 0 saturated heterocycles. The summed E-state index contributed by atoms with van der Waals surface area (Å²) in [5.74, 6) is -2.50. The average Bonchev–Trinajstić information content (AvgIpc) is 3.04. The number of amides is 1. The highest BCUT2D eigenvalue weighted by Crippen LogP contribution is 2.26. The van der Waals surface area contributed by atoms with Gasteiger partial charge in [-0.1, -0.05) is 69.8 Å². The van der Waals surface area contributed by atoms with Crippen LogP contribution in [0.5, 0.6) is 0 Å². The maximum atomic E-state index is 11.1. The van der Waals surface area contributed by atoms with Gasteiger partial charge in [-0.05, 0) is 11.1 Å². The molecule has 0 aliphatic heterocycles. The van der Waals surface area contributed by atoms with Gasteiger partial charge >= 0.3 is 15.6 Å². The number of carbonyl (C=O) groups is 1. The number of benzene rings is 2. The second kappa shape index (κ2) is 23.1. The van der Waals surface area contributed by atoms with E-state index in [0.717, 1.165) is 16.2 Å². The summed E-state index contributed by atoms with van der Waals surface area (Å²) in [6.07, 6.45) is -9.02. The van der Waals surface area contributed by atoms with E-state index in [1.54, 1.807) is 12.1 Å². The first kappa shape index (κ1) is 41.7. The third-order valence-corrected chi connectivity index (χ3v) is 8.62. The van der Waals surface area contributed by atoms with E-state index in [9.17, 15) is 54.8 Å². The molecule has 0 aliphatic carbocycles. The summed E-state index contributed by atoms with van der Waals surface area (Å²) in [4.78, 5) is 21.3. The van der Waals surface area contributed by atoms with Crippen molar-refractivity contribution in [3.63, 3.8) is 0 Å². The van der Waals surface area contributed by atoms with E-state index in [1.165, 1.54) is 13.3 Å². The Balaban J connectivity index is 0.000000462. The smallest absolute Gasteiger partial charge is 0.366 e. The minimum absolute atomic E-state index is 0.0972. The number of hydrogen-bond donors (Lipinski definition) is 9. The second-order valence-electron chi connectivity index (χ2n) is 10.4. The van der Waals surface area contributed by atoms with Crippen LogP contribution in [-0.4, -0.2) is 127 Å². The Bertz CT molecular complexity index is 1140. The fraction of sp³-hybridized carbons (Fsp3) is 0.552. The van der Waals surface area contributed by atoms with E-state index in [1.807, 2.05) is 48.5 Å². The zero-order chi connectivity index (χ0) is 34.6. The van der Waals surface area contributed by atoms with E-state index >= 15 is 0 Å². The first-order valence-electron chi connectivity index (χ1n) is 14.3. The van der Waals surface area contributed by atoms with Crippen LogP contribution in [0.25, 0.3) is 0 Å². The number of nitrogens with zero attached hydrogens (tertiary/aromatic N) is 1. The van der Waals surface area contributed by atoms with E-state index < -0.39 is 63.9 Å². The molecule has 0 saturated carbocycles. The zero-order valence-electron chi connectivity index (χ0n) is 25.7. The normalized spacial score (nSPS) is 17.2. The van der Waals surface area contributed by atoms with E-state index in [4.69, 9.17) is 9.68 Å². The summed E-state index contributed by atoms with van der Waals surface area (Å²) in [5, 5.41) is 78.3. The lowest BCUT2D eigenvalue weighted by atomic mass is 10.1. The van der Waals surface area contributed by atoms with Crippen LogP contribution in [0.1, 0.15) is 24.0 Å². The monoisotopic (exact) mass is 692 g/mol. The molecular weight excluding hydrogens is 646 g/mol. The number of carbonyl (C=O) groups excluding carboxylic acids is 1. The minimum Gasteiger partial charge on any atom is -0.390 e. The first-order chi connectivity index (χ1) is 21.8. The van der Waals surface area contributed by atoms with Crippen LogP contribution in [0.3, 0.4) is 0 Å². The summed E-state index contributed by atoms with van der Waals surface area (Å²) in [5.41, 5.74) is 4.26. The van der Waals surface area contributed by atoms with Gasteiger partial charge in [-0.15, -0.1) is 0 Å². The number of aliphatic hydroxyl groups excluding tert-OH is 8. The SMILES string of the molecule is C[P+](=O)C(O)C[C@@H](O)[C@@H](O)[C@@H](O)CN(C=O)OCc1ccccc1.C[P+](=O)C(O)C[C@@H](O)[C@@H](O)[C@@H](O)CNOCc1ccccc1. The van der Waals surface area contributed by atoms with Crippen molar-refractivity contribution in [1.82, 2.24) is 10.5 Å². The van der Waals surface area contributed by atoms with Crippen molar-refractivity contribution in [1.29, 1.82) is 0 Å². The van der Waals surface area contributed by atoms with Gasteiger partial charge in [0.25, 0.3) is 11.7 Å². The zero-order valence-corrected chi connectivity index (χ0v) is 27.5. The van der Waals surface area contributed by atoms with Crippen LogP contribution in [0, 0.1) is 0 Å². The van der Waals surface area contributed by atoms with Gasteiger partial charge in [-0.2, -0.15) is 5.48 Å². The van der Waals surface area contributed by atoms with Gasteiger partial charge in [0, 0.05) is 19.4 Å². The van der Waals surface area contributed by atoms with Crippen LogP contribution in [-0.2, 0) is 36.8 Å². The van der Waals surface area contributed by atoms with Gasteiger partial charge in [0.15, 0.2) is 0 Å². The van der Waals surface area contributed by atoms with Crippen LogP contribution < -0.4 is 5.48 Å². The molecule has 1 amide bonds. The lowest BCUT2D eigenvalue weighted by Crippen LogP contribution is -2.45. The van der Waals surface area contributed by atoms with Crippen LogP contribution in [0.4, 0.5) is 0 Å². The highest BCUT2D eigenvalue weighted by molar-refractivity contribution is 7.44. The third kappa shape index (κ3) is 17.0. The predicted molar refractivity (Wildman–Crippen MR) is 168 cm³/mol. The molecule has 0 bridgehead atoms. The van der Waals surface area contributed by atoms with Gasteiger partial charge in [-0.3, -0.25) is 14.5 Å². The summed E-state index contributed by atoms with van der Waals surface area (Å²) >= 11 is 0. The number of nitrogens with one attached hydrogen (secondary N) is 1. The Labute approximate surface area is 269 Å². The molecule has 0 radical (unpaired) electrons. The van der Waals surface area contributed by atoms with Gasteiger partial charge < -0.3 is 40.9 Å². The van der Waals surface area contributed by atoms with Gasteiger partial charge in [-0.25, -0.2) is 5.06 Å². The molecule has 10 atom stereocenters. The summed E-state index contributed by atoms with van der Waals surface area (Å²) in [6.45, 7) is 2.54. The average molecular weight is 693 g/mol. The number of hydroxylamine groups is 3. The molecule has 0 spiro atoms. The van der Waals surface area contributed by atoms with Crippen LogP contribution in [0.2, 0.25) is 0 Å². The Morgan fingerprint density at radius 1 is 0.696 bits per heavy atom. The maximum Gasteiger partial charge on any atom is 0.366 e. The number of rotatable bonds is 21. The lowest BCUT2D eigenvalue weighted by molar-refractivity contribution is -0.192. The molecule has 2 aromatic carbocycles. The van der Waals surface area contributed by atoms with Crippen molar-refractivity contribution >= 4 is 22.0 Å². The van der Waals surface area contributed by atoms with E-state index in [-0.39, 0.29) is 32.5 Å². The van der Waals surface area contributed by atoms with Crippen molar-refractivity contribution in [2.75, 3.05) is 26.4 Å². The molecule has 0 aromatic heterocycles. The second-order valence-corrected chi connectivity index (χ2v) is 13.7. The molecule has 0 aliphatic rings. The fourth-order valence-corrected chi connectivity index (χ4v) is 4.67. The lowest BCUT2D eigenvalue weighted by Gasteiger charge is -2.26. The van der Waals surface area contributed by atoms with E-state index in [0.29, 0.717) is 13.0 Å². The third-order valence-electron chi connectivity index (χ3n) is 6.52. The summed E-state index contributed by atoms with van der Waals surface area (Å²) in [6, 6.07) is 18.4. The van der Waals surface area contributed by atoms with Crippen molar-refractivity contribution in [2.24, 2.45) is 0 Å². The minimum atomic E-state index is -1.93. The Morgan fingerprint density at radius 2 is 1.13 bits per heavy atom. The van der Waals surface area contributed by atoms with Crippen molar-refractivity contribution in [3.05, 3.63) is 71.8 Å². The molecule has 15 nitrogen and oxygen atoms in total.